The predicted molar refractivity (Wildman–Crippen MR) is 59.6 cm³/mol. The lowest BCUT2D eigenvalue weighted by Gasteiger charge is -2.17. The highest BCUT2D eigenvalue weighted by molar-refractivity contribution is 6.30. The van der Waals surface area contributed by atoms with Crippen LogP contribution in [0, 0.1) is 11.3 Å². The van der Waals surface area contributed by atoms with E-state index in [-0.39, 0.29) is 12.5 Å². The molecule has 0 aromatic heterocycles. The molecule has 0 fully saturated rings. The van der Waals surface area contributed by atoms with Crippen LogP contribution in [-0.2, 0) is 4.79 Å². The van der Waals surface area contributed by atoms with E-state index in [1.165, 1.54) is 11.0 Å². The number of nitrogens with zero attached hydrogens (tertiary/aromatic N) is 2. The fourth-order valence-electron chi connectivity index (χ4n) is 1.10. The third-order valence-corrected chi connectivity index (χ3v) is 2.06. The Morgan fingerprint density at radius 3 is 2.60 bits per heavy atom. The van der Waals surface area contributed by atoms with Gasteiger partial charge in [0.1, 0.15) is 6.54 Å². The number of rotatable bonds is 3. The molecule has 15 heavy (non-hydrogen) atoms. The van der Waals surface area contributed by atoms with E-state index in [0.29, 0.717) is 10.7 Å². The van der Waals surface area contributed by atoms with Gasteiger partial charge in [-0.3, -0.25) is 9.69 Å². The Bertz CT molecular complexity index is 406. The summed E-state index contributed by atoms with van der Waals surface area (Å²) in [7, 11) is 0. The lowest BCUT2D eigenvalue weighted by molar-refractivity contribution is -0.114. The molecular weight excluding hydrogens is 212 g/mol. The first-order valence-electron chi connectivity index (χ1n) is 4.25. The van der Waals surface area contributed by atoms with Crippen LogP contribution < -0.4 is 4.90 Å². The number of anilines is 1. The van der Waals surface area contributed by atoms with Crippen LogP contribution in [0.4, 0.5) is 5.69 Å². The molecule has 0 N–H and O–H groups in total. The van der Waals surface area contributed by atoms with E-state index < -0.39 is 0 Å². The number of nitriles is 1. The van der Waals surface area contributed by atoms with Crippen molar-refractivity contribution in [3.05, 3.63) is 41.9 Å². The van der Waals surface area contributed by atoms with Crippen LogP contribution in [0.3, 0.4) is 0 Å². The number of hydrogen-bond donors (Lipinski definition) is 0. The zero-order chi connectivity index (χ0) is 11.3. The van der Waals surface area contributed by atoms with Gasteiger partial charge in [0.25, 0.3) is 5.91 Å². The number of halogens is 1. The number of carbonyl (C=O) groups is 1. The van der Waals surface area contributed by atoms with E-state index in [1.807, 2.05) is 6.07 Å². The maximum absolute atomic E-state index is 11.4. The first kappa shape index (κ1) is 11.3. The van der Waals surface area contributed by atoms with Gasteiger partial charge in [-0.25, -0.2) is 0 Å². The summed E-state index contributed by atoms with van der Waals surface area (Å²) in [4.78, 5) is 12.7. The summed E-state index contributed by atoms with van der Waals surface area (Å²) >= 11 is 5.72. The quantitative estimate of drug-likeness (QED) is 0.580. The summed E-state index contributed by atoms with van der Waals surface area (Å²) in [5, 5.41) is 9.18. The van der Waals surface area contributed by atoms with Gasteiger partial charge in [-0.15, -0.1) is 0 Å². The smallest absolute Gasteiger partial charge is 0.251 e. The van der Waals surface area contributed by atoms with Crippen molar-refractivity contribution in [2.75, 3.05) is 11.4 Å². The number of benzene rings is 1. The Morgan fingerprint density at radius 2 is 2.13 bits per heavy atom. The molecule has 1 rings (SSSR count). The van der Waals surface area contributed by atoms with Crippen LogP contribution in [0.15, 0.2) is 36.9 Å². The van der Waals surface area contributed by atoms with E-state index in [0.717, 1.165) is 0 Å². The van der Waals surface area contributed by atoms with Gasteiger partial charge in [0.15, 0.2) is 0 Å². The molecule has 0 heterocycles. The minimum absolute atomic E-state index is 0.00745. The number of amides is 1. The van der Waals surface area contributed by atoms with Gasteiger partial charge in [-0.1, -0.05) is 18.2 Å². The van der Waals surface area contributed by atoms with Crippen molar-refractivity contribution >= 4 is 23.2 Å². The van der Waals surface area contributed by atoms with Crippen molar-refractivity contribution in [1.82, 2.24) is 0 Å². The van der Waals surface area contributed by atoms with Gasteiger partial charge in [-0.05, 0) is 30.3 Å². The van der Waals surface area contributed by atoms with Crippen molar-refractivity contribution in [2.45, 2.75) is 0 Å². The van der Waals surface area contributed by atoms with E-state index in [4.69, 9.17) is 16.9 Å². The van der Waals surface area contributed by atoms with Crippen LogP contribution in [0.2, 0.25) is 5.02 Å². The zero-order valence-electron chi connectivity index (χ0n) is 7.98. The minimum atomic E-state index is -0.307. The largest absolute Gasteiger partial charge is 0.295 e. The third-order valence-electron chi connectivity index (χ3n) is 1.81. The second kappa shape index (κ2) is 5.18. The molecule has 0 aliphatic heterocycles. The molecule has 0 saturated heterocycles. The van der Waals surface area contributed by atoms with Crippen molar-refractivity contribution in [3.8, 4) is 6.07 Å². The van der Waals surface area contributed by atoms with Crippen molar-refractivity contribution in [3.63, 3.8) is 0 Å². The zero-order valence-corrected chi connectivity index (χ0v) is 8.74. The van der Waals surface area contributed by atoms with Crippen LogP contribution >= 0.6 is 11.6 Å². The Morgan fingerprint density at radius 1 is 1.53 bits per heavy atom. The molecule has 0 aliphatic carbocycles. The molecule has 4 heteroatoms. The Kier molecular flexibility index (Phi) is 3.90. The summed E-state index contributed by atoms with van der Waals surface area (Å²) in [6.07, 6.45) is 1.17. The van der Waals surface area contributed by atoms with Crippen molar-refractivity contribution < 1.29 is 4.79 Å². The first-order valence-corrected chi connectivity index (χ1v) is 4.63. The minimum Gasteiger partial charge on any atom is -0.295 e. The lowest BCUT2D eigenvalue weighted by atomic mass is 10.3. The van der Waals surface area contributed by atoms with Gasteiger partial charge in [-0.2, -0.15) is 5.26 Å². The molecule has 0 bridgehead atoms. The second-order valence-electron chi connectivity index (χ2n) is 2.76. The molecule has 0 atom stereocenters. The molecule has 1 amide bonds. The maximum Gasteiger partial charge on any atom is 0.251 e. The molecule has 0 aliphatic rings. The monoisotopic (exact) mass is 220 g/mol. The Labute approximate surface area is 93.2 Å². The first-order chi connectivity index (χ1) is 7.19. The summed E-state index contributed by atoms with van der Waals surface area (Å²) in [6.45, 7) is 3.37. The molecule has 1 aromatic carbocycles. The average molecular weight is 221 g/mol. The van der Waals surface area contributed by atoms with E-state index in [2.05, 4.69) is 6.58 Å². The van der Waals surface area contributed by atoms with Gasteiger partial charge in [0.2, 0.25) is 0 Å². The fourth-order valence-corrected chi connectivity index (χ4v) is 1.22. The lowest BCUT2D eigenvalue weighted by Crippen LogP contribution is -2.29. The normalized spacial score (nSPS) is 9.07. The Balaban J connectivity index is 2.99. The third kappa shape index (κ3) is 2.83. The van der Waals surface area contributed by atoms with Gasteiger partial charge in [0.05, 0.1) is 6.07 Å². The second-order valence-corrected chi connectivity index (χ2v) is 3.20. The molecule has 0 spiro atoms. The summed E-state index contributed by atoms with van der Waals surface area (Å²) in [6, 6.07) is 8.61. The van der Waals surface area contributed by atoms with Crippen molar-refractivity contribution in [2.24, 2.45) is 0 Å². The summed E-state index contributed by atoms with van der Waals surface area (Å²) < 4.78 is 0. The highest BCUT2D eigenvalue weighted by Gasteiger charge is 2.11. The SMILES string of the molecule is C=CC(=O)N(CC#N)c1ccc(Cl)cc1. The standard InChI is InChI=1S/C11H9ClN2O/c1-2-11(15)14(8-7-13)10-5-3-9(12)4-6-10/h2-6H,1,8H2. The summed E-state index contributed by atoms with van der Waals surface area (Å²) in [5.41, 5.74) is 0.630. The van der Waals surface area contributed by atoms with Crippen LogP contribution in [0.25, 0.3) is 0 Å². The molecule has 0 unspecified atom stereocenters. The number of carbonyl (C=O) groups excluding carboxylic acids is 1. The van der Waals surface area contributed by atoms with Gasteiger partial charge in [0, 0.05) is 10.7 Å². The highest BCUT2D eigenvalue weighted by atomic mass is 35.5. The van der Waals surface area contributed by atoms with Crippen molar-refractivity contribution in [1.29, 1.82) is 5.26 Å². The number of hydrogen-bond acceptors (Lipinski definition) is 2. The molecule has 1 aromatic rings. The molecule has 0 saturated carbocycles. The van der Waals surface area contributed by atoms with E-state index >= 15 is 0 Å². The Hall–Kier alpha value is -1.79. The van der Waals surface area contributed by atoms with Gasteiger partial charge < -0.3 is 0 Å². The van der Waals surface area contributed by atoms with E-state index in [1.54, 1.807) is 24.3 Å². The average Bonchev–Trinajstić information content (AvgIpc) is 2.26. The summed E-state index contributed by atoms with van der Waals surface area (Å²) in [5.74, 6) is -0.307. The fraction of sp³-hybridized carbons (Fsp3) is 0.0909. The van der Waals surface area contributed by atoms with Crippen LogP contribution in [0.1, 0.15) is 0 Å². The maximum atomic E-state index is 11.4. The van der Waals surface area contributed by atoms with Crippen LogP contribution in [-0.4, -0.2) is 12.5 Å². The molecule has 0 radical (unpaired) electrons. The molecule has 3 nitrogen and oxygen atoms in total. The van der Waals surface area contributed by atoms with E-state index in [9.17, 15) is 4.79 Å². The molecule has 76 valence electrons. The van der Waals surface area contributed by atoms with Crippen LogP contribution in [0.5, 0.6) is 0 Å². The topological polar surface area (TPSA) is 44.1 Å². The predicted octanol–water partition coefficient (Wildman–Crippen LogP) is 2.38. The van der Waals surface area contributed by atoms with Gasteiger partial charge >= 0.3 is 0 Å². The molecular formula is C11H9ClN2O. The highest BCUT2D eigenvalue weighted by Crippen LogP contribution is 2.17.